The number of nitrogens with two attached hydrogens (primary N) is 1. The Labute approximate surface area is 119 Å². The van der Waals surface area contributed by atoms with E-state index >= 15 is 0 Å². The predicted molar refractivity (Wildman–Crippen MR) is 78.1 cm³/mol. The van der Waals surface area contributed by atoms with Crippen LogP contribution in [-0.2, 0) is 10.0 Å². The second-order valence-electron chi connectivity index (χ2n) is 5.42. The summed E-state index contributed by atoms with van der Waals surface area (Å²) in [6.07, 6.45) is 3.21. The molecule has 0 radical (unpaired) electrons. The minimum Gasteiger partial charge on any atom is -0.355 e. The summed E-state index contributed by atoms with van der Waals surface area (Å²) in [7, 11) is -3.51. The Kier molecular flexibility index (Phi) is 3.52. The van der Waals surface area contributed by atoms with Gasteiger partial charge in [-0.2, -0.15) is 8.42 Å². The average Bonchev–Trinajstić information content (AvgIpc) is 2.72. The fourth-order valence-corrected chi connectivity index (χ4v) is 4.27. The van der Waals surface area contributed by atoms with Crippen molar-refractivity contribution in [3.05, 3.63) is 29.8 Å². The molecule has 2 aliphatic rings. The maximum absolute atomic E-state index is 12.1. The van der Waals surface area contributed by atoms with Crippen molar-refractivity contribution < 1.29 is 8.42 Å². The topological polar surface area (TPSA) is 75.8 Å². The first kappa shape index (κ1) is 13.6. The summed E-state index contributed by atoms with van der Waals surface area (Å²) in [5, 5.41) is 0. The van der Waals surface area contributed by atoms with E-state index in [0.717, 1.165) is 37.9 Å². The van der Waals surface area contributed by atoms with Gasteiger partial charge in [0.1, 0.15) is 4.90 Å². The molecule has 3 rings (SSSR count). The Balaban J connectivity index is 1.91. The third kappa shape index (κ3) is 2.33. The highest BCUT2D eigenvalue weighted by molar-refractivity contribution is 7.90. The van der Waals surface area contributed by atoms with Crippen LogP contribution in [0.2, 0.25) is 0 Å². The minimum absolute atomic E-state index is 0.330. The van der Waals surface area contributed by atoms with Gasteiger partial charge in [-0.1, -0.05) is 12.1 Å². The van der Waals surface area contributed by atoms with Crippen molar-refractivity contribution in [3.63, 3.8) is 0 Å². The van der Waals surface area contributed by atoms with Crippen molar-refractivity contribution in [3.8, 4) is 0 Å². The normalized spacial score (nSPS) is 24.4. The van der Waals surface area contributed by atoms with Crippen LogP contribution in [0.15, 0.2) is 33.6 Å². The molecule has 1 unspecified atom stereocenters. The zero-order chi connectivity index (χ0) is 14.2. The summed E-state index contributed by atoms with van der Waals surface area (Å²) in [6.45, 7) is 2.39. The van der Waals surface area contributed by atoms with Crippen molar-refractivity contribution in [1.82, 2.24) is 4.90 Å². The molecule has 0 amide bonds. The van der Waals surface area contributed by atoms with Gasteiger partial charge in [0.2, 0.25) is 0 Å². The van der Waals surface area contributed by atoms with Crippen LogP contribution in [0.3, 0.4) is 0 Å². The number of benzene rings is 1. The number of amidine groups is 1. The van der Waals surface area contributed by atoms with Crippen LogP contribution < -0.4 is 5.73 Å². The van der Waals surface area contributed by atoms with Crippen LogP contribution in [0.25, 0.3) is 0 Å². The number of piperidine rings is 1. The standard InChI is InChI=1S/C14H19N3O2S/c15-8-7-11-4-3-9-17(10-11)14-12-5-1-2-6-13(12)20(18,19)16-14/h1-2,5-6,11H,3-4,7-10,15H2. The van der Waals surface area contributed by atoms with Crippen molar-refractivity contribution >= 4 is 15.9 Å². The first-order valence-electron chi connectivity index (χ1n) is 7.01. The lowest BCUT2D eigenvalue weighted by molar-refractivity contribution is 0.251. The van der Waals surface area contributed by atoms with Crippen LogP contribution >= 0.6 is 0 Å². The first-order valence-corrected chi connectivity index (χ1v) is 8.45. The van der Waals surface area contributed by atoms with Crippen molar-refractivity contribution in [2.75, 3.05) is 19.6 Å². The molecule has 1 aromatic rings. The van der Waals surface area contributed by atoms with Crippen LogP contribution in [0.4, 0.5) is 0 Å². The molecule has 1 fully saturated rings. The van der Waals surface area contributed by atoms with Gasteiger partial charge in [0.15, 0.2) is 5.84 Å². The van der Waals surface area contributed by atoms with Gasteiger partial charge in [-0.3, -0.25) is 0 Å². The molecule has 5 nitrogen and oxygen atoms in total. The molecule has 6 heteroatoms. The Morgan fingerprint density at radius 3 is 2.95 bits per heavy atom. The SMILES string of the molecule is NCCC1CCCN(C2=NS(=O)(=O)c3ccccc32)C1. The molecule has 2 aliphatic heterocycles. The van der Waals surface area contributed by atoms with Crippen molar-refractivity contribution in [2.24, 2.45) is 16.0 Å². The zero-order valence-corrected chi connectivity index (χ0v) is 12.1. The predicted octanol–water partition coefficient (Wildman–Crippen LogP) is 1.20. The third-order valence-corrected chi connectivity index (χ3v) is 5.33. The summed E-state index contributed by atoms with van der Waals surface area (Å²) >= 11 is 0. The van der Waals surface area contributed by atoms with Crippen LogP contribution in [0.5, 0.6) is 0 Å². The van der Waals surface area contributed by atoms with Gasteiger partial charge in [-0.25, -0.2) is 0 Å². The number of likely N-dealkylation sites (tertiary alicyclic amines) is 1. The summed E-state index contributed by atoms with van der Waals surface area (Å²) in [5.74, 6) is 1.15. The van der Waals surface area contributed by atoms with Gasteiger partial charge in [0.05, 0.1) is 0 Å². The number of nitrogens with zero attached hydrogens (tertiary/aromatic N) is 2. The molecule has 0 aromatic heterocycles. The zero-order valence-electron chi connectivity index (χ0n) is 11.3. The number of hydrogen-bond donors (Lipinski definition) is 1. The van der Waals surface area contributed by atoms with E-state index in [0.29, 0.717) is 23.2 Å². The highest BCUT2D eigenvalue weighted by Gasteiger charge is 2.33. The van der Waals surface area contributed by atoms with E-state index in [-0.39, 0.29) is 0 Å². The largest absolute Gasteiger partial charge is 0.355 e. The summed E-state index contributed by atoms with van der Waals surface area (Å²) in [4.78, 5) is 2.43. The average molecular weight is 293 g/mol. The van der Waals surface area contributed by atoms with E-state index in [2.05, 4.69) is 9.30 Å². The summed E-state index contributed by atoms with van der Waals surface area (Å²) < 4.78 is 28.1. The van der Waals surface area contributed by atoms with E-state index < -0.39 is 10.0 Å². The molecule has 0 spiro atoms. The first-order chi connectivity index (χ1) is 9.62. The highest BCUT2D eigenvalue weighted by atomic mass is 32.2. The number of hydrogen-bond acceptors (Lipinski definition) is 4. The highest BCUT2D eigenvalue weighted by Crippen LogP contribution is 2.30. The third-order valence-electron chi connectivity index (χ3n) is 4.01. The maximum atomic E-state index is 12.1. The Morgan fingerprint density at radius 2 is 2.15 bits per heavy atom. The lowest BCUT2D eigenvalue weighted by Gasteiger charge is -2.34. The van der Waals surface area contributed by atoms with Gasteiger partial charge in [-0.15, -0.1) is 4.40 Å². The van der Waals surface area contributed by atoms with Crippen molar-refractivity contribution in [1.29, 1.82) is 0 Å². The fourth-order valence-electron chi connectivity index (χ4n) is 3.05. The van der Waals surface area contributed by atoms with Crippen molar-refractivity contribution in [2.45, 2.75) is 24.2 Å². The molecular formula is C14H19N3O2S. The molecular weight excluding hydrogens is 274 g/mol. The maximum Gasteiger partial charge on any atom is 0.285 e. The summed E-state index contributed by atoms with van der Waals surface area (Å²) in [6, 6.07) is 7.06. The Morgan fingerprint density at radius 1 is 1.35 bits per heavy atom. The van der Waals surface area contributed by atoms with E-state index in [4.69, 9.17) is 5.73 Å². The van der Waals surface area contributed by atoms with E-state index in [9.17, 15) is 8.42 Å². The van der Waals surface area contributed by atoms with E-state index in [1.54, 1.807) is 12.1 Å². The van der Waals surface area contributed by atoms with Crippen LogP contribution in [0, 0.1) is 5.92 Å². The molecule has 2 heterocycles. The lowest BCUT2D eigenvalue weighted by atomic mass is 9.94. The van der Waals surface area contributed by atoms with Gasteiger partial charge in [0, 0.05) is 18.7 Å². The van der Waals surface area contributed by atoms with Gasteiger partial charge >= 0.3 is 0 Å². The molecule has 0 bridgehead atoms. The monoisotopic (exact) mass is 293 g/mol. The molecule has 1 atom stereocenters. The fraction of sp³-hybridized carbons (Fsp3) is 0.500. The smallest absolute Gasteiger partial charge is 0.285 e. The quantitative estimate of drug-likeness (QED) is 0.889. The molecule has 20 heavy (non-hydrogen) atoms. The second kappa shape index (κ2) is 5.18. The van der Waals surface area contributed by atoms with Gasteiger partial charge < -0.3 is 10.6 Å². The molecule has 108 valence electrons. The van der Waals surface area contributed by atoms with E-state index in [1.807, 2.05) is 12.1 Å². The Bertz CT molecular complexity index is 638. The second-order valence-corrected chi connectivity index (χ2v) is 6.99. The summed E-state index contributed by atoms with van der Waals surface area (Å²) in [5.41, 5.74) is 6.37. The molecule has 0 saturated carbocycles. The van der Waals surface area contributed by atoms with Crippen LogP contribution in [0.1, 0.15) is 24.8 Å². The number of fused-ring (bicyclic) bond motifs is 1. The minimum atomic E-state index is -3.51. The molecule has 1 aromatic carbocycles. The number of sulfonamides is 1. The van der Waals surface area contributed by atoms with Gasteiger partial charge in [0.25, 0.3) is 10.0 Å². The molecule has 1 saturated heterocycles. The van der Waals surface area contributed by atoms with E-state index in [1.165, 1.54) is 0 Å². The lowest BCUT2D eigenvalue weighted by Crippen LogP contribution is -2.40. The Hall–Kier alpha value is -1.40. The molecule has 0 aliphatic carbocycles. The number of rotatable bonds is 2. The van der Waals surface area contributed by atoms with Crippen LogP contribution in [-0.4, -0.2) is 38.8 Å². The molecule has 2 N–H and O–H groups in total. The van der Waals surface area contributed by atoms with Gasteiger partial charge in [-0.05, 0) is 43.9 Å².